The predicted octanol–water partition coefficient (Wildman–Crippen LogP) is 2.40. The van der Waals surface area contributed by atoms with E-state index in [1.807, 2.05) is 13.8 Å². The van der Waals surface area contributed by atoms with Crippen molar-refractivity contribution >= 4 is 0 Å². The van der Waals surface area contributed by atoms with E-state index in [4.69, 9.17) is 9.84 Å². The molecular formula is C12H17FO2. The molecule has 2 nitrogen and oxygen atoms in total. The summed E-state index contributed by atoms with van der Waals surface area (Å²) < 4.78 is 18.6. The summed E-state index contributed by atoms with van der Waals surface area (Å²) in [7, 11) is 0. The van der Waals surface area contributed by atoms with Crippen molar-refractivity contribution in [2.45, 2.75) is 20.3 Å². The number of benzene rings is 1. The summed E-state index contributed by atoms with van der Waals surface area (Å²) in [6.45, 7) is 4.58. The van der Waals surface area contributed by atoms with Crippen LogP contribution in [0, 0.1) is 11.7 Å². The maximum atomic E-state index is 13.3. The molecule has 0 aromatic heterocycles. The van der Waals surface area contributed by atoms with Crippen molar-refractivity contribution < 1.29 is 14.2 Å². The summed E-state index contributed by atoms with van der Waals surface area (Å²) in [5.41, 5.74) is 0.887. The summed E-state index contributed by atoms with van der Waals surface area (Å²) in [4.78, 5) is 0. The van der Waals surface area contributed by atoms with Crippen LogP contribution >= 0.6 is 0 Å². The molecule has 0 amide bonds. The Kier molecular flexibility index (Phi) is 4.56. The minimum atomic E-state index is -0.350. The first kappa shape index (κ1) is 12.0. The predicted molar refractivity (Wildman–Crippen MR) is 57.5 cm³/mol. The summed E-state index contributed by atoms with van der Waals surface area (Å²) in [6, 6.07) is 4.68. The van der Waals surface area contributed by atoms with Crippen LogP contribution in [0.25, 0.3) is 0 Å². The second-order valence-electron chi connectivity index (χ2n) is 3.94. The number of hydrogen-bond acceptors (Lipinski definition) is 2. The van der Waals surface area contributed by atoms with Gasteiger partial charge in [0.2, 0.25) is 0 Å². The Morgan fingerprint density at radius 2 is 2.13 bits per heavy atom. The summed E-state index contributed by atoms with van der Waals surface area (Å²) >= 11 is 0. The van der Waals surface area contributed by atoms with Gasteiger partial charge in [-0.15, -0.1) is 0 Å². The number of hydrogen-bond donors (Lipinski definition) is 1. The van der Waals surface area contributed by atoms with Crippen molar-refractivity contribution in [3.63, 3.8) is 0 Å². The van der Waals surface area contributed by atoms with Crippen LogP contribution in [0.3, 0.4) is 0 Å². The van der Waals surface area contributed by atoms with Crippen molar-refractivity contribution in [2.24, 2.45) is 5.92 Å². The summed E-state index contributed by atoms with van der Waals surface area (Å²) in [5.74, 6) is 0.290. The van der Waals surface area contributed by atoms with Crippen LogP contribution in [-0.2, 0) is 6.42 Å². The Bertz CT molecular complexity index is 310. The first-order chi connectivity index (χ1) is 7.13. The number of aliphatic hydroxyl groups is 1. The fraction of sp³-hybridized carbons (Fsp3) is 0.500. The van der Waals surface area contributed by atoms with Gasteiger partial charge < -0.3 is 9.84 Å². The van der Waals surface area contributed by atoms with Crippen LogP contribution in [0.15, 0.2) is 18.2 Å². The van der Waals surface area contributed by atoms with E-state index in [0.29, 0.717) is 18.9 Å². The highest BCUT2D eigenvalue weighted by Crippen LogP contribution is 2.19. The first-order valence-electron chi connectivity index (χ1n) is 5.15. The zero-order valence-corrected chi connectivity index (χ0v) is 9.16. The lowest BCUT2D eigenvalue weighted by molar-refractivity contribution is 0.258. The van der Waals surface area contributed by atoms with Gasteiger partial charge in [-0.05, 0) is 30.0 Å². The van der Waals surface area contributed by atoms with E-state index >= 15 is 0 Å². The topological polar surface area (TPSA) is 29.5 Å². The van der Waals surface area contributed by atoms with Crippen molar-refractivity contribution in [1.29, 1.82) is 0 Å². The lowest BCUT2D eigenvalue weighted by Gasteiger charge is -2.10. The summed E-state index contributed by atoms with van der Waals surface area (Å²) in [6.07, 6.45) is 0.526. The minimum absolute atomic E-state index is 0.0647. The fourth-order valence-corrected chi connectivity index (χ4v) is 1.20. The second kappa shape index (κ2) is 5.71. The third-order valence-corrected chi connectivity index (χ3v) is 1.97. The van der Waals surface area contributed by atoms with Crippen LogP contribution in [0.1, 0.15) is 19.4 Å². The van der Waals surface area contributed by atoms with E-state index < -0.39 is 0 Å². The molecule has 3 heteroatoms. The average Bonchev–Trinajstić information content (AvgIpc) is 2.19. The number of halogens is 1. The van der Waals surface area contributed by atoms with Gasteiger partial charge in [-0.25, -0.2) is 4.39 Å². The van der Waals surface area contributed by atoms with Crippen LogP contribution in [0.2, 0.25) is 0 Å². The SMILES string of the molecule is CC(C)COc1cc(CCO)ccc1F. The largest absolute Gasteiger partial charge is 0.490 e. The van der Waals surface area contributed by atoms with Gasteiger partial charge in [0.05, 0.1) is 6.61 Å². The van der Waals surface area contributed by atoms with Crippen LogP contribution < -0.4 is 4.74 Å². The highest BCUT2D eigenvalue weighted by atomic mass is 19.1. The van der Waals surface area contributed by atoms with Crippen molar-refractivity contribution in [2.75, 3.05) is 13.2 Å². The standard InChI is InChI=1S/C12H17FO2/c1-9(2)8-15-12-7-10(5-6-14)3-4-11(12)13/h3-4,7,9,14H,5-6,8H2,1-2H3. The lowest BCUT2D eigenvalue weighted by Crippen LogP contribution is -2.06. The molecule has 0 atom stereocenters. The number of rotatable bonds is 5. The van der Waals surface area contributed by atoms with E-state index in [1.54, 1.807) is 12.1 Å². The lowest BCUT2D eigenvalue weighted by atomic mass is 10.1. The van der Waals surface area contributed by atoms with E-state index in [-0.39, 0.29) is 18.2 Å². The highest BCUT2D eigenvalue weighted by Gasteiger charge is 2.05. The third-order valence-electron chi connectivity index (χ3n) is 1.97. The molecule has 0 unspecified atom stereocenters. The molecule has 1 N–H and O–H groups in total. The summed E-state index contributed by atoms with van der Waals surface area (Å²) in [5, 5.41) is 8.76. The van der Waals surface area contributed by atoms with Gasteiger partial charge in [0.1, 0.15) is 0 Å². The van der Waals surface area contributed by atoms with Crippen molar-refractivity contribution in [1.82, 2.24) is 0 Å². The minimum Gasteiger partial charge on any atom is -0.490 e. The molecular weight excluding hydrogens is 195 g/mol. The molecule has 15 heavy (non-hydrogen) atoms. The van der Waals surface area contributed by atoms with E-state index in [0.717, 1.165) is 5.56 Å². The smallest absolute Gasteiger partial charge is 0.165 e. The Morgan fingerprint density at radius 3 is 2.73 bits per heavy atom. The molecule has 0 aliphatic rings. The average molecular weight is 212 g/mol. The molecule has 1 aromatic carbocycles. The van der Waals surface area contributed by atoms with Gasteiger partial charge in [0.15, 0.2) is 11.6 Å². The third kappa shape index (κ3) is 3.88. The molecule has 0 bridgehead atoms. The molecule has 1 rings (SSSR count). The normalized spacial score (nSPS) is 10.7. The molecule has 0 saturated heterocycles. The van der Waals surface area contributed by atoms with Gasteiger partial charge in [0, 0.05) is 6.61 Å². The highest BCUT2D eigenvalue weighted by molar-refractivity contribution is 5.30. The van der Waals surface area contributed by atoms with Crippen molar-refractivity contribution in [3.8, 4) is 5.75 Å². The van der Waals surface area contributed by atoms with E-state index in [2.05, 4.69) is 0 Å². The Balaban J connectivity index is 2.71. The zero-order chi connectivity index (χ0) is 11.3. The molecule has 0 fully saturated rings. The maximum absolute atomic E-state index is 13.3. The van der Waals surface area contributed by atoms with Gasteiger partial charge in [-0.3, -0.25) is 0 Å². The van der Waals surface area contributed by atoms with Crippen LogP contribution in [0.5, 0.6) is 5.75 Å². The second-order valence-corrected chi connectivity index (χ2v) is 3.94. The number of aliphatic hydroxyl groups excluding tert-OH is 1. The van der Waals surface area contributed by atoms with Crippen LogP contribution in [0.4, 0.5) is 4.39 Å². The molecule has 0 saturated carbocycles. The van der Waals surface area contributed by atoms with Gasteiger partial charge in [-0.1, -0.05) is 19.9 Å². The first-order valence-corrected chi connectivity index (χ1v) is 5.15. The molecule has 1 aromatic rings. The molecule has 0 spiro atoms. The molecule has 0 radical (unpaired) electrons. The quantitative estimate of drug-likeness (QED) is 0.812. The van der Waals surface area contributed by atoms with E-state index in [9.17, 15) is 4.39 Å². The Morgan fingerprint density at radius 1 is 1.40 bits per heavy atom. The maximum Gasteiger partial charge on any atom is 0.165 e. The van der Waals surface area contributed by atoms with E-state index in [1.165, 1.54) is 6.07 Å². The fourth-order valence-electron chi connectivity index (χ4n) is 1.20. The van der Waals surface area contributed by atoms with Crippen molar-refractivity contribution in [3.05, 3.63) is 29.6 Å². The zero-order valence-electron chi connectivity index (χ0n) is 9.16. The molecule has 0 aliphatic heterocycles. The number of ether oxygens (including phenoxy) is 1. The molecule has 84 valence electrons. The van der Waals surface area contributed by atoms with Gasteiger partial charge in [0.25, 0.3) is 0 Å². The Labute approximate surface area is 89.7 Å². The Hall–Kier alpha value is -1.09. The molecule has 0 aliphatic carbocycles. The van der Waals surface area contributed by atoms with Crippen LogP contribution in [-0.4, -0.2) is 18.3 Å². The van der Waals surface area contributed by atoms with Gasteiger partial charge in [-0.2, -0.15) is 0 Å². The molecule has 0 heterocycles. The monoisotopic (exact) mass is 212 g/mol. The van der Waals surface area contributed by atoms with Gasteiger partial charge >= 0.3 is 0 Å².